The van der Waals surface area contributed by atoms with Gasteiger partial charge in [-0.15, -0.1) is 0 Å². The lowest BCUT2D eigenvalue weighted by Gasteiger charge is -2.33. The fourth-order valence-corrected chi connectivity index (χ4v) is 2.57. The number of carbonyl (C=O) groups is 1. The molecule has 5 heteroatoms. The Morgan fingerprint density at radius 3 is 2.71 bits per heavy atom. The van der Waals surface area contributed by atoms with E-state index in [1.807, 2.05) is 30.3 Å². The number of carboxylic acids is 1. The van der Waals surface area contributed by atoms with Crippen LogP contribution in [0, 0.1) is 0 Å². The molecule has 0 fully saturated rings. The van der Waals surface area contributed by atoms with Crippen LogP contribution in [0.25, 0.3) is 5.70 Å². The first-order chi connectivity index (χ1) is 10.0. The summed E-state index contributed by atoms with van der Waals surface area (Å²) in [6, 6.07) is 9.89. The summed E-state index contributed by atoms with van der Waals surface area (Å²) in [5, 5.41) is 16.8. The van der Waals surface area contributed by atoms with Gasteiger partial charge < -0.3 is 10.4 Å². The Hall–Kier alpha value is -2.56. The van der Waals surface area contributed by atoms with Crippen molar-refractivity contribution in [3.63, 3.8) is 0 Å². The van der Waals surface area contributed by atoms with E-state index in [1.54, 1.807) is 4.68 Å². The van der Waals surface area contributed by atoms with E-state index in [1.165, 1.54) is 6.20 Å². The highest BCUT2D eigenvalue weighted by molar-refractivity contribution is 5.96. The molecule has 2 aromatic rings. The van der Waals surface area contributed by atoms with Crippen LogP contribution in [0.3, 0.4) is 0 Å². The summed E-state index contributed by atoms with van der Waals surface area (Å²) in [4.78, 5) is 11.4. The summed E-state index contributed by atoms with van der Waals surface area (Å²) in [5.74, 6) is -0.440. The minimum atomic E-state index is -0.975. The Balaban J connectivity index is 2.15. The van der Waals surface area contributed by atoms with Gasteiger partial charge in [-0.1, -0.05) is 37.3 Å². The minimum Gasteiger partial charge on any atom is -0.477 e. The Morgan fingerprint density at radius 1 is 1.38 bits per heavy atom. The molecule has 0 aliphatic carbocycles. The molecule has 0 amide bonds. The average molecular weight is 283 g/mol. The molecule has 108 valence electrons. The molecule has 2 N–H and O–H groups in total. The van der Waals surface area contributed by atoms with Crippen LogP contribution in [0.2, 0.25) is 0 Å². The summed E-state index contributed by atoms with van der Waals surface area (Å²) in [6.07, 6.45) is 4.33. The predicted molar refractivity (Wildman–Crippen MR) is 81.2 cm³/mol. The number of aromatic nitrogens is 2. The molecular weight excluding hydrogens is 266 g/mol. The van der Waals surface area contributed by atoms with Gasteiger partial charge in [0.1, 0.15) is 11.4 Å². The zero-order valence-corrected chi connectivity index (χ0v) is 12.0. The molecule has 1 unspecified atom stereocenters. The summed E-state index contributed by atoms with van der Waals surface area (Å²) in [7, 11) is 0. The van der Waals surface area contributed by atoms with Crippen LogP contribution in [0.5, 0.6) is 0 Å². The van der Waals surface area contributed by atoms with Crippen LogP contribution >= 0.6 is 0 Å². The van der Waals surface area contributed by atoms with E-state index < -0.39 is 5.97 Å². The van der Waals surface area contributed by atoms with Gasteiger partial charge in [-0.05, 0) is 25.0 Å². The molecule has 5 nitrogen and oxygen atoms in total. The third kappa shape index (κ3) is 2.11. The van der Waals surface area contributed by atoms with Crippen molar-refractivity contribution in [1.29, 1.82) is 0 Å². The van der Waals surface area contributed by atoms with E-state index in [-0.39, 0.29) is 11.1 Å². The van der Waals surface area contributed by atoms with Crippen molar-refractivity contribution in [3.05, 3.63) is 53.7 Å². The predicted octanol–water partition coefficient (Wildman–Crippen LogP) is 3.17. The van der Waals surface area contributed by atoms with Crippen LogP contribution in [-0.2, 0) is 5.54 Å². The Kier molecular flexibility index (Phi) is 3.05. The molecule has 1 aliphatic rings. The van der Waals surface area contributed by atoms with Gasteiger partial charge in [0.2, 0.25) is 0 Å². The number of nitrogens with one attached hydrogen (secondary N) is 1. The van der Waals surface area contributed by atoms with Gasteiger partial charge in [0.05, 0.1) is 11.7 Å². The SMILES string of the molecule is CCC1(C)C=C(c2ccccc2)Nc2c(C(=O)O)cnn21. The first kappa shape index (κ1) is 13.4. The van der Waals surface area contributed by atoms with Crippen molar-refractivity contribution in [2.75, 3.05) is 5.32 Å². The van der Waals surface area contributed by atoms with Crippen molar-refractivity contribution in [2.24, 2.45) is 0 Å². The third-order valence-corrected chi connectivity index (χ3v) is 3.99. The van der Waals surface area contributed by atoms with E-state index in [2.05, 4.69) is 30.3 Å². The molecule has 0 saturated carbocycles. The highest BCUT2D eigenvalue weighted by Gasteiger charge is 2.33. The van der Waals surface area contributed by atoms with Crippen LogP contribution in [0.15, 0.2) is 42.6 Å². The second-order valence-corrected chi connectivity index (χ2v) is 5.38. The molecule has 0 radical (unpaired) electrons. The molecule has 0 saturated heterocycles. The molecule has 1 aliphatic heterocycles. The van der Waals surface area contributed by atoms with E-state index >= 15 is 0 Å². The van der Waals surface area contributed by atoms with Crippen LogP contribution < -0.4 is 5.32 Å². The zero-order chi connectivity index (χ0) is 15.0. The number of hydrogen-bond donors (Lipinski definition) is 2. The smallest absolute Gasteiger partial charge is 0.341 e. The second kappa shape index (κ2) is 4.77. The van der Waals surface area contributed by atoms with Crippen LogP contribution in [-0.4, -0.2) is 20.9 Å². The molecule has 1 atom stereocenters. The van der Waals surface area contributed by atoms with Gasteiger partial charge in [-0.25, -0.2) is 9.48 Å². The fraction of sp³-hybridized carbons (Fsp3) is 0.250. The first-order valence-electron chi connectivity index (χ1n) is 6.92. The molecule has 1 aromatic heterocycles. The normalized spacial score (nSPS) is 20.4. The van der Waals surface area contributed by atoms with Gasteiger partial charge in [-0.3, -0.25) is 0 Å². The Labute approximate surface area is 122 Å². The monoisotopic (exact) mass is 283 g/mol. The Morgan fingerprint density at radius 2 is 2.10 bits per heavy atom. The van der Waals surface area contributed by atoms with Crippen LogP contribution in [0.1, 0.15) is 36.2 Å². The number of rotatable bonds is 3. The lowest BCUT2D eigenvalue weighted by atomic mass is 9.93. The number of benzene rings is 1. The number of hydrogen-bond acceptors (Lipinski definition) is 3. The van der Waals surface area contributed by atoms with Gasteiger partial charge in [0.25, 0.3) is 0 Å². The summed E-state index contributed by atoms with van der Waals surface area (Å²) < 4.78 is 1.75. The lowest BCUT2D eigenvalue weighted by molar-refractivity contribution is 0.0698. The molecule has 1 aromatic carbocycles. The number of nitrogens with zero attached hydrogens (tertiary/aromatic N) is 2. The molecule has 3 rings (SSSR count). The number of anilines is 1. The summed E-state index contributed by atoms with van der Waals surface area (Å²) in [6.45, 7) is 4.12. The second-order valence-electron chi connectivity index (χ2n) is 5.38. The van der Waals surface area contributed by atoms with Gasteiger partial charge >= 0.3 is 5.97 Å². The van der Waals surface area contributed by atoms with Crippen LogP contribution in [0.4, 0.5) is 5.82 Å². The first-order valence-corrected chi connectivity index (χ1v) is 6.92. The number of fused-ring (bicyclic) bond motifs is 1. The average Bonchev–Trinajstić information content (AvgIpc) is 2.93. The topological polar surface area (TPSA) is 67.2 Å². The third-order valence-electron chi connectivity index (χ3n) is 3.99. The van der Waals surface area contributed by atoms with Crippen molar-refractivity contribution in [3.8, 4) is 0 Å². The number of allylic oxidation sites excluding steroid dienone is 1. The maximum atomic E-state index is 11.4. The van der Waals surface area contributed by atoms with Crippen molar-refractivity contribution < 1.29 is 9.90 Å². The zero-order valence-electron chi connectivity index (χ0n) is 12.0. The molecule has 21 heavy (non-hydrogen) atoms. The fourth-order valence-electron chi connectivity index (χ4n) is 2.57. The quantitative estimate of drug-likeness (QED) is 0.908. The van der Waals surface area contributed by atoms with E-state index in [4.69, 9.17) is 0 Å². The van der Waals surface area contributed by atoms with Gasteiger partial charge in [-0.2, -0.15) is 5.10 Å². The molecule has 0 bridgehead atoms. The van der Waals surface area contributed by atoms with Crippen molar-refractivity contribution in [2.45, 2.75) is 25.8 Å². The Bertz CT molecular complexity index is 718. The highest BCUT2D eigenvalue weighted by Crippen LogP contribution is 2.36. The lowest BCUT2D eigenvalue weighted by Crippen LogP contribution is -2.34. The number of aromatic carboxylic acids is 1. The van der Waals surface area contributed by atoms with Gasteiger partial charge in [0, 0.05) is 5.70 Å². The summed E-state index contributed by atoms with van der Waals surface area (Å²) in [5.41, 5.74) is 1.78. The van der Waals surface area contributed by atoms with Crippen molar-refractivity contribution in [1.82, 2.24) is 9.78 Å². The largest absolute Gasteiger partial charge is 0.477 e. The van der Waals surface area contributed by atoms with Gasteiger partial charge in [0.15, 0.2) is 0 Å². The van der Waals surface area contributed by atoms with E-state index in [0.717, 1.165) is 17.7 Å². The molecular formula is C16H17N3O2. The minimum absolute atomic E-state index is 0.191. The molecule has 0 spiro atoms. The molecule has 2 heterocycles. The van der Waals surface area contributed by atoms with Crippen molar-refractivity contribution >= 4 is 17.5 Å². The summed E-state index contributed by atoms with van der Waals surface area (Å²) >= 11 is 0. The highest BCUT2D eigenvalue weighted by atomic mass is 16.4. The maximum Gasteiger partial charge on any atom is 0.341 e. The van der Waals surface area contributed by atoms with E-state index in [9.17, 15) is 9.90 Å². The standard InChI is InChI=1S/C16H17N3O2/c1-3-16(2)9-13(11-7-5-4-6-8-11)18-14-12(15(20)21)10-17-19(14)16/h4-10,18H,3H2,1-2H3,(H,20,21). The maximum absolute atomic E-state index is 11.4. The van der Waals surface area contributed by atoms with E-state index in [0.29, 0.717) is 5.82 Å². The number of carboxylic acid groups (broad SMARTS) is 1.